The fourth-order valence-corrected chi connectivity index (χ4v) is 1.79. The lowest BCUT2D eigenvalue weighted by Crippen LogP contribution is -2.34. The van der Waals surface area contributed by atoms with E-state index < -0.39 is 17.7 Å². The van der Waals surface area contributed by atoms with Gasteiger partial charge in [0, 0.05) is 0 Å². The highest BCUT2D eigenvalue weighted by atomic mass is 16.6. The highest BCUT2D eigenvalue weighted by Gasteiger charge is 2.21. The van der Waals surface area contributed by atoms with E-state index in [9.17, 15) is 10.1 Å². The van der Waals surface area contributed by atoms with Crippen molar-refractivity contribution in [1.29, 1.82) is 5.26 Å². The second-order valence-electron chi connectivity index (χ2n) is 7.08. The minimum atomic E-state index is -0.714. The standard InChI is InChI=1S/C17H24N2O2/c1-16(2,3)13-9-7-12(8-10-13)14(11-18)19-15(20)21-17(4,5)6/h7-10,14H,1-6H3,(H,19,20)/t14-/m0/s1. The van der Waals surface area contributed by atoms with Gasteiger partial charge in [-0.25, -0.2) is 4.79 Å². The van der Waals surface area contributed by atoms with Gasteiger partial charge in [-0.05, 0) is 37.3 Å². The van der Waals surface area contributed by atoms with Gasteiger partial charge in [0.1, 0.15) is 11.6 Å². The zero-order chi connectivity index (χ0) is 16.3. The van der Waals surface area contributed by atoms with E-state index in [1.54, 1.807) is 20.8 Å². The fraction of sp³-hybridized carbons (Fsp3) is 0.529. The van der Waals surface area contributed by atoms with Crippen LogP contribution >= 0.6 is 0 Å². The number of hydrogen-bond acceptors (Lipinski definition) is 3. The smallest absolute Gasteiger partial charge is 0.408 e. The Balaban J connectivity index is 2.82. The summed E-state index contributed by atoms with van der Waals surface area (Å²) in [5.74, 6) is 0. The van der Waals surface area contributed by atoms with Crippen LogP contribution in [0.4, 0.5) is 4.79 Å². The molecule has 0 bridgehead atoms. The Morgan fingerprint density at radius 1 is 1.14 bits per heavy atom. The number of carbonyl (C=O) groups is 1. The number of nitrogens with one attached hydrogen (secondary N) is 1. The molecule has 0 radical (unpaired) electrons. The largest absolute Gasteiger partial charge is 0.444 e. The molecule has 1 rings (SSSR count). The number of hydrogen-bond donors (Lipinski definition) is 1. The summed E-state index contributed by atoms with van der Waals surface area (Å²) in [4.78, 5) is 11.7. The zero-order valence-corrected chi connectivity index (χ0v) is 13.7. The maximum absolute atomic E-state index is 11.7. The predicted molar refractivity (Wildman–Crippen MR) is 82.9 cm³/mol. The average molecular weight is 288 g/mol. The lowest BCUT2D eigenvalue weighted by molar-refractivity contribution is 0.0515. The lowest BCUT2D eigenvalue weighted by atomic mass is 9.86. The van der Waals surface area contributed by atoms with Crippen LogP contribution in [-0.4, -0.2) is 11.7 Å². The highest BCUT2D eigenvalue weighted by Crippen LogP contribution is 2.24. The summed E-state index contributed by atoms with van der Waals surface area (Å²) in [6.45, 7) is 11.7. The van der Waals surface area contributed by atoms with Crippen molar-refractivity contribution in [2.75, 3.05) is 0 Å². The SMILES string of the molecule is CC(C)(C)OC(=O)N[C@@H](C#N)c1ccc(C(C)(C)C)cc1. The van der Waals surface area contributed by atoms with E-state index in [1.807, 2.05) is 24.3 Å². The molecule has 0 aromatic heterocycles. The van der Waals surface area contributed by atoms with E-state index in [0.29, 0.717) is 0 Å². The van der Waals surface area contributed by atoms with Crippen molar-refractivity contribution in [2.45, 2.75) is 58.6 Å². The summed E-state index contributed by atoms with van der Waals surface area (Å²) >= 11 is 0. The van der Waals surface area contributed by atoms with E-state index in [-0.39, 0.29) is 5.41 Å². The zero-order valence-electron chi connectivity index (χ0n) is 13.7. The Morgan fingerprint density at radius 2 is 1.67 bits per heavy atom. The van der Waals surface area contributed by atoms with E-state index in [2.05, 4.69) is 32.2 Å². The van der Waals surface area contributed by atoms with Crippen molar-refractivity contribution in [1.82, 2.24) is 5.32 Å². The minimum absolute atomic E-state index is 0.0548. The van der Waals surface area contributed by atoms with Gasteiger partial charge in [0.15, 0.2) is 0 Å². The molecule has 1 N–H and O–H groups in total. The number of carbonyl (C=O) groups excluding carboxylic acids is 1. The van der Waals surface area contributed by atoms with E-state index in [1.165, 1.54) is 5.56 Å². The average Bonchev–Trinajstić information content (AvgIpc) is 2.33. The second-order valence-corrected chi connectivity index (χ2v) is 7.08. The number of alkyl carbamates (subject to hydrolysis) is 1. The van der Waals surface area contributed by atoms with Crippen molar-refractivity contribution >= 4 is 6.09 Å². The van der Waals surface area contributed by atoms with Gasteiger partial charge in [-0.3, -0.25) is 0 Å². The Labute approximate surface area is 127 Å². The summed E-state index contributed by atoms with van der Waals surface area (Å²) in [5.41, 5.74) is 1.40. The quantitative estimate of drug-likeness (QED) is 0.892. The maximum Gasteiger partial charge on any atom is 0.408 e. The Bertz CT molecular complexity index is 528. The normalized spacial score (nSPS) is 13.2. The van der Waals surface area contributed by atoms with Gasteiger partial charge in [0.2, 0.25) is 0 Å². The molecule has 21 heavy (non-hydrogen) atoms. The highest BCUT2D eigenvalue weighted by molar-refractivity contribution is 5.69. The number of amides is 1. The Morgan fingerprint density at radius 3 is 2.05 bits per heavy atom. The lowest BCUT2D eigenvalue weighted by Gasteiger charge is -2.22. The first-order valence-electron chi connectivity index (χ1n) is 7.02. The first-order chi connectivity index (χ1) is 9.53. The second kappa shape index (κ2) is 6.17. The molecule has 0 fully saturated rings. The first kappa shape index (κ1) is 17.0. The fourth-order valence-electron chi connectivity index (χ4n) is 1.79. The number of nitrogens with zero attached hydrogens (tertiary/aromatic N) is 1. The molecule has 1 aromatic carbocycles. The van der Waals surface area contributed by atoms with Gasteiger partial charge >= 0.3 is 6.09 Å². The Hall–Kier alpha value is -2.02. The number of ether oxygens (including phenoxy) is 1. The third-order valence-electron chi connectivity index (χ3n) is 2.90. The molecule has 0 aliphatic rings. The molecule has 4 heteroatoms. The van der Waals surface area contributed by atoms with Crippen LogP contribution in [0.1, 0.15) is 58.7 Å². The molecule has 1 amide bonds. The molecule has 114 valence electrons. The number of rotatable bonds is 2. The predicted octanol–water partition coefficient (Wildman–Crippen LogP) is 4.07. The van der Waals surface area contributed by atoms with Crippen LogP contribution in [0.15, 0.2) is 24.3 Å². The molecule has 0 spiro atoms. The molecule has 0 saturated carbocycles. The van der Waals surface area contributed by atoms with E-state index >= 15 is 0 Å². The van der Waals surface area contributed by atoms with Gasteiger partial charge in [0.25, 0.3) is 0 Å². The van der Waals surface area contributed by atoms with Crippen LogP contribution in [0, 0.1) is 11.3 Å². The van der Waals surface area contributed by atoms with Gasteiger partial charge in [0.05, 0.1) is 6.07 Å². The molecular weight excluding hydrogens is 264 g/mol. The monoisotopic (exact) mass is 288 g/mol. The summed E-state index contributed by atoms with van der Waals surface area (Å²) in [5, 5.41) is 11.8. The first-order valence-corrected chi connectivity index (χ1v) is 7.02. The van der Waals surface area contributed by atoms with Crippen molar-refractivity contribution < 1.29 is 9.53 Å². The van der Waals surface area contributed by atoms with Crippen molar-refractivity contribution in [3.05, 3.63) is 35.4 Å². The summed E-state index contributed by atoms with van der Waals surface area (Å²) in [7, 11) is 0. The molecule has 0 saturated heterocycles. The molecular formula is C17H24N2O2. The van der Waals surface area contributed by atoms with E-state index in [4.69, 9.17) is 4.74 Å². The van der Waals surface area contributed by atoms with Gasteiger partial charge in [-0.1, -0.05) is 45.0 Å². The van der Waals surface area contributed by atoms with Crippen LogP contribution < -0.4 is 5.32 Å². The van der Waals surface area contributed by atoms with Crippen LogP contribution in [-0.2, 0) is 10.2 Å². The molecule has 0 heterocycles. The molecule has 0 unspecified atom stereocenters. The van der Waals surface area contributed by atoms with Gasteiger partial charge < -0.3 is 10.1 Å². The molecule has 1 aromatic rings. The molecule has 1 atom stereocenters. The van der Waals surface area contributed by atoms with Crippen molar-refractivity contribution in [2.24, 2.45) is 0 Å². The van der Waals surface area contributed by atoms with Crippen LogP contribution in [0.25, 0.3) is 0 Å². The third kappa shape index (κ3) is 5.47. The van der Waals surface area contributed by atoms with E-state index in [0.717, 1.165) is 5.56 Å². The molecule has 0 aliphatic carbocycles. The van der Waals surface area contributed by atoms with Gasteiger partial charge in [-0.15, -0.1) is 0 Å². The topological polar surface area (TPSA) is 62.1 Å². The van der Waals surface area contributed by atoms with Crippen LogP contribution in [0.2, 0.25) is 0 Å². The van der Waals surface area contributed by atoms with Gasteiger partial charge in [-0.2, -0.15) is 5.26 Å². The number of benzene rings is 1. The minimum Gasteiger partial charge on any atom is -0.444 e. The van der Waals surface area contributed by atoms with Crippen LogP contribution in [0.3, 0.4) is 0 Å². The van der Waals surface area contributed by atoms with Crippen molar-refractivity contribution in [3.63, 3.8) is 0 Å². The third-order valence-corrected chi connectivity index (χ3v) is 2.90. The Kier molecular flexibility index (Phi) is 5.01. The summed E-state index contributed by atoms with van der Waals surface area (Å²) in [6, 6.07) is 9.07. The summed E-state index contributed by atoms with van der Waals surface area (Å²) in [6.07, 6.45) is -0.589. The summed E-state index contributed by atoms with van der Waals surface area (Å²) < 4.78 is 5.17. The van der Waals surface area contributed by atoms with Crippen LogP contribution in [0.5, 0.6) is 0 Å². The molecule has 4 nitrogen and oxygen atoms in total. The number of nitriles is 1. The molecule has 0 aliphatic heterocycles. The van der Waals surface area contributed by atoms with Crippen molar-refractivity contribution in [3.8, 4) is 6.07 Å². The maximum atomic E-state index is 11.7.